The van der Waals surface area contributed by atoms with Crippen LogP contribution in [0.25, 0.3) is 0 Å². The maximum atomic E-state index is 4.47. The molecule has 1 atom stereocenters. The quantitative estimate of drug-likeness (QED) is 0.855. The fourth-order valence-corrected chi connectivity index (χ4v) is 2.98. The van der Waals surface area contributed by atoms with Gasteiger partial charge in [-0.25, -0.2) is 4.98 Å². The fraction of sp³-hybridized carbons (Fsp3) is 0.615. The molecule has 4 heteroatoms. The molecular formula is C13H20BrN3. The van der Waals surface area contributed by atoms with Crippen molar-refractivity contribution in [2.24, 2.45) is 5.92 Å². The minimum atomic E-state index is 0.763. The first-order chi connectivity index (χ1) is 8.08. The van der Waals surface area contributed by atoms with Crippen molar-refractivity contribution in [1.82, 2.24) is 9.88 Å². The van der Waals surface area contributed by atoms with Crippen molar-refractivity contribution in [3.63, 3.8) is 0 Å². The molecule has 0 saturated carbocycles. The monoisotopic (exact) mass is 297 g/mol. The van der Waals surface area contributed by atoms with Gasteiger partial charge in [-0.3, -0.25) is 0 Å². The number of hydrogen-bond acceptors (Lipinski definition) is 3. The zero-order valence-electron chi connectivity index (χ0n) is 10.8. The van der Waals surface area contributed by atoms with Crippen LogP contribution in [-0.2, 0) is 0 Å². The molecule has 3 nitrogen and oxygen atoms in total. The first-order valence-electron chi connectivity index (χ1n) is 6.08. The molecule has 2 rings (SSSR count). The second-order valence-corrected chi connectivity index (χ2v) is 5.86. The minimum Gasteiger partial charge on any atom is -0.358 e. The van der Waals surface area contributed by atoms with Gasteiger partial charge in [0.1, 0.15) is 5.82 Å². The molecule has 0 spiro atoms. The van der Waals surface area contributed by atoms with E-state index in [1.54, 1.807) is 0 Å². The lowest BCUT2D eigenvalue weighted by molar-refractivity contribution is 0.395. The number of rotatable bonds is 3. The molecule has 1 saturated heterocycles. The van der Waals surface area contributed by atoms with Crippen LogP contribution in [0.1, 0.15) is 12.0 Å². The van der Waals surface area contributed by atoms with Crippen LogP contribution < -0.4 is 4.90 Å². The van der Waals surface area contributed by atoms with Crippen molar-refractivity contribution in [2.45, 2.75) is 13.3 Å². The van der Waals surface area contributed by atoms with E-state index in [4.69, 9.17) is 0 Å². The van der Waals surface area contributed by atoms with E-state index in [2.05, 4.69) is 51.7 Å². The van der Waals surface area contributed by atoms with Crippen LogP contribution in [0.3, 0.4) is 0 Å². The highest BCUT2D eigenvalue weighted by Gasteiger charge is 2.22. The summed E-state index contributed by atoms with van der Waals surface area (Å²) in [7, 11) is 4.33. The summed E-state index contributed by atoms with van der Waals surface area (Å²) in [4.78, 5) is 9.13. The summed E-state index contributed by atoms with van der Waals surface area (Å²) in [5.74, 6) is 1.82. The number of hydrogen-bond donors (Lipinski definition) is 0. The zero-order valence-corrected chi connectivity index (χ0v) is 12.4. The van der Waals surface area contributed by atoms with Crippen molar-refractivity contribution in [2.75, 3.05) is 38.6 Å². The lowest BCUT2D eigenvalue weighted by Crippen LogP contribution is -2.28. The summed E-state index contributed by atoms with van der Waals surface area (Å²) >= 11 is 3.63. The highest BCUT2D eigenvalue weighted by molar-refractivity contribution is 9.10. The largest absolute Gasteiger partial charge is 0.358 e. The third-order valence-electron chi connectivity index (χ3n) is 3.45. The van der Waals surface area contributed by atoms with Crippen LogP contribution in [0, 0.1) is 12.8 Å². The number of aromatic nitrogens is 1. The van der Waals surface area contributed by atoms with Crippen molar-refractivity contribution in [3.8, 4) is 0 Å². The Hall–Kier alpha value is -0.610. The molecule has 94 valence electrons. The Morgan fingerprint density at radius 1 is 1.59 bits per heavy atom. The number of nitrogens with zero attached hydrogens (tertiary/aromatic N) is 3. The molecule has 0 bridgehead atoms. The molecular weight excluding hydrogens is 278 g/mol. The second-order valence-electron chi connectivity index (χ2n) is 5.06. The molecule has 0 N–H and O–H groups in total. The highest BCUT2D eigenvalue weighted by atomic mass is 79.9. The van der Waals surface area contributed by atoms with E-state index in [0.29, 0.717) is 0 Å². The molecule has 0 radical (unpaired) electrons. The third kappa shape index (κ3) is 2.99. The Morgan fingerprint density at radius 2 is 2.35 bits per heavy atom. The van der Waals surface area contributed by atoms with Gasteiger partial charge in [0.15, 0.2) is 0 Å². The van der Waals surface area contributed by atoms with E-state index in [0.717, 1.165) is 22.8 Å². The molecule has 1 aromatic rings. The normalized spacial score (nSPS) is 20.8. The van der Waals surface area contributed by atoms with Crippen molar-refractivity contribution >= 4 is 21.7 Å². The van der Waals surface area contributed by atoms with Gasteiger partial charge >= 0.3 is 0 Å². The molecule has 0 aliphatic carbocycles. The molecule has 0 amide bonds. The Labute approximate surface area is 112 Å². The van der Waals surface area contributed by atoms with Crippen LogP contribution in [0.15, 0.2) is 16.7 Å². The lowest BCUT2D eigenvalue weighted by atomic mass is 10.1. The lowest BCUT2D eigenvalue weighted by Gasteiger charge is -2.23. The smallest absolute Gasteiger partial charge is 0.142 e. The molecule has 1 aliphatic rings. The van der Waals surface area contributed by atoms with Gasteiger partial charge in [-0.05, 0) is 60.4 Å². The summed E-state index contributed by atoms with van der Waals surface area (Å²) in [6.07, 6.45) is 3.18. The summed E-state index contributed by atoms with van der Waals surface area (Å²) < 4.78 is 1.12. The van der Waals surface area contributed by atoms with E-state index in [-0.39, 0.29) is 0 Å². The topological polar surface area (TPSA) is 19.4 Å². The first kappa shape index (κ1) is 12.8. The Bertz CT molecular complexity index is 394. The molecule has 1 aliphatic heterocycles. The minimum absolute atomic E-state index is 0.763. The van der Waals surface area contributed by atoms with E-state index < -0.39 is 0 Å². The van der Waals surface area contributed by atoms with Crippen molar-refractivity contribution < 1.29 is 0 Å². The Kier molecular flexibility index (Phi) is 4.05. The summed E-state index contributed by atoms with van der Waals surface area (Å²) in [5.41, 5.74) is 1.24. The fourth-order valence-electron chi connectivity index (χ4n) is 2.44. The van der Waals surface area contributed by atoms with Crippen LogP contribution in [-0.4, -0.2) is 43.6 Å². The molecule has 1 unspecified atom stereocenters. The van der Waals surface area contributed by atoms with Crippen LogP contribution in [0.5, 0.6) is 0 Å². The Balaban J connectivity index is 2.04. The number of aryl methyl sites for hydroxylation is 1. The first-order valence-corrected chi connectivity index (χ1v) is 6.88. The molecule has 1 fully saturated rings. The van der Waals surface area contributed by atoms with Gasteiger partial charge in [0, 0.05) is 26.3 Å². The molecule has 17 heavy (non-hydrogen) atoms. The second kappa shape index (κ2) is 5.36. The van der Waals surface area contributed by atoms with Crippen LogP contribution in [0.4, 0.5) is 5.82 Å². The summed E-state index contributed by atoms with van der Waals surface area (Å²) in [6, 6.07) is 2.03. The number of anilines is 1. The SMILES string of the molecule is Cc1ccnc(N(C)CC2CCN(C)C2)c1Br. The average Bonchev–Trinajstić information content (AvgIpc) is 2.68. The summed E-state index contributed by atoms with van der Waals surface area (Å²) in [5, 5.41) is 0. The number of halogens is 1. The van der Waals surface area contributed by atoms with Crippen LogP contribution in [0.2, 0.25) is 0 Å². The van der Waals surface area contributed by atoms with Crippen molar-refractivity contribution in [3.05, 3.63) is 22.3 Å². The highest BCUT2D eigenvalue weighted by Crippen LogP contribution is 2.27. The molecule has 2 heterocycles. The third-order valence-corrected chi connectivity index (χ3v) is 4.43. The van der Waals surface area contributed by atoms with Crippen LogP contribution >= 0.6 is 15.9 Å². The van der Waals surface area contributed by atoms with Gasteiger partial charge in [0.2, 0.25) is 0 Å². The van der Waals surface area contributed by atoms with Gasteiger partial charge < -0.3 is 9.80 Å². The van der Waals surface area contributed by atoms with Crippen molar-refractivity contribution in [1.29, 1.82) is 0 Å². The number of pyridine rings is 1. The van der Waals surface area contributed by atoms with Gasteiger partial charge in [0.25, 0.3) is 0 Å². The van der Waals surface area contributed by atoms with E-state index in [1.165, 1.54) is 25.1 Å². The predicted molar refractivity (Wildman–Crippen MR) is 75.5 cm³/mol. The van der Waals surface area contributed by atoms with Gasteiger partial charge in [0.05, 0.1) is 4.47 Å². The standard InChI is InChI=1S/C13H20BrN3/c1-10-4-6-15-13(12(10)14)17(3)9-11-5-7-16(2)8-11/h4,6,11H,5,7-9H2,1-3H3. The molecule has 1 aromatic heterocycles. The maximum Gasteiger partial charge on any atom is 0.142 e. The van der Waals surface area contributed by atoms with Gasteiger partial charge in [-0.2, -0.15) is 0 Å². The van der Waals surface area contributed by atoms with Gasteiger partial charge in [-0.15, -0.1) is 0 Å². The van der Waals surface area contributed by atoms with E-state index in [9.17, 15) is 0 Å². The maximum absolute atomic E-state index is 4.47. The zero-order chi connectivity index (χ0) is 12.4. The van der Waals surface area contributed by atoms with Gasteiger partial charge in [-0.1, -0.05) is 0 Å². The van der Waals surface area contributed by atoms with E-state index in [1.807, 2.05) is 12.3 Å². The number of likely N-dealkylation sites (tertiary alicyclic amines) is 1. The molecule has 0 aromatic carbocycles. The van der Waals surface area contributed by atoms with E-state index >= 15 is 0 Å². The average molecular weight is 298 g/mol. The Morgan fingerprint density at radius 3 is 3.00 bits per heavy atom. The summed E-state index contributed by atoms with van der Waals surface area (Å²) in [6.45, 7) is 5.61. The predicted octanol–water partition coefficient (Wildman–Crippen LogP) is 2.54.